The Morgan fingerprint density at radius 3 is 2.04 bits per heavy atom. The normalized spacial score (nSPS) is 24.1. The van der Waals surface area contributed by atoms with Gasteiger partial charge in [-0.2, -0.15) is 0 Å². The molecule has 0 aromatic carbocycles. The predicted molar refractivity (Wildman–Crippen MR) is 113 cm³/mol. The van der Waals surface area contributed by atoms with E-state index >= 15 is 0 Å². The van der Waals surface area contributed by atoms with Gasteiger partial charge in [-0.3, -0.25) is 7.91 Å². The van der Waals surface area contributed by atoms with E-state index in [9.17, 15) is 4.79 Å². The molecule has 1 aliphatic rings. The van der Waals surface area contributed by atoms with Crippen LogP contribution in [0.25, 0.3) is 0 Å². The standard InChI is InChI=1S/C21H40INO/c1-4-5-6-7-8-9-10-11-12-13-17-21(24)23(22)20-16-14-15-18(2)19(20)3/h18-20H,4-17H2,1-3H3. The molecule has 0 aromatic rings. The molecule has 24 heavy (non-hydrogen) atoms. The third kappa shape index (κ3) is 8.53. The van der Waals surface area contributed by atoms with Crippen LogP contribution in [0.5, 0.6) is 0 Å². The maximum absolute atomic E-state index is 12.4. The third-order valence-corrected chi connectivity index (χ3v) is 7.19. The van der Waals surface area contributed by atoms with Crippen molar-refractivity contribution in [2.75, 3.05) is 0 Å². The summed E-state index contributed by atoms with van der Waals surface area (Å²) < 4.78 is 2.05. The van der Waals surface area contributed by atoms with Crippen molar-refractivity contribution < 1.29 is 4.79 Å². The first-order valence-electron chi connectivity index (χ1n) is 10.6. The Bertz CT molecular complexity index is 334. The van der Waals surface area contributed by atoms with Crippen molar-refractivity contribution >= 4 is 28.8 Å². The van der Waals surface area contributed by atoms with Crippen molar-refractivity contribution in [3.05, 3.63) is 0 Å². The van der Waals surface area contributed by atoms with Crippen molar-refractivity contribution in [3.63, 3.8) is 0 Å². The van der Waals surface area contributed by atoms with Gasteiger partial charge in [-0.15, -0.1) is 0 Å². The van der Waals surface area contributed by atoms with Gasteiger partial charge in [0.25, 0.3) is 0 Å². The molecule has 0 aromatic heterocycles. The summed E-state index contributed by atoms with van der Waals surface area (Å²) in [6, 6.07) is 0.463. The van der Waals surface area contributed by atoms with Gasteiger partial charge in [-0.05, 0) is 24.7 Å². The summed E-state index contributed by atoms with van der Waals surface area (Å²) in [5.41, 5.74) is 0. The maximum Gasteiger partial charge on any atom is 0.231 e. The largest absolute Gasteiger partial charge is 0.282 e. The first kappa shape index (κ1) is 22.2. The van der Waals surface area contributed by atoms with Crippen LogP contribution in [0.2, 0.25) is 0 Å². The molecule has 1 saturated carbocycles. The molecule has 3 unspecified atom stereocenters. The number of carbonyl (C=O) groups excluding carboxylic acids is 1. The van der Waals surface area contributed by atoms with Crippen LogP contribution < -0.4 is 0 Å². The second-order valence-electron chi connectivity index (χ2n) is 7.97. The van der Waals surface area contributed by atoms with E-state index < -0.39 is 0 Å². The lowest BCUT2D eigenvalue weighted by atomic mass is 9.78. The number of rotatable bonds is 12. The van der Waals surface area contributed by atoms with Gasteiger partial charge in [0.2, 0.25) is 5.91 Å². The fraction of sp³-hybridized carbons (Fsp3) is 0.952. The summed E-state index contributed by atoms with van der Waals surface area (Å²) >= 11 is 2.29. The van der Waals surface area contributed by atoms with E-state index in [0.717, 1.165) is 18.8 Å². The van der Waals surface area contributed by atoms with Crippen LogP contribution >= 0.6 is 22.9 Å². The average Bonchev–Trinajstić information content (AvgIpc) is 2.58. The molecule has 0 bridgehead atoms. The minimum Gasteiger partial charge on any atom is -0.282 e. The number of hydrogen-bond donors (Lipinski definition) is 0. The molecule has 0 radical (unpaired) electrons. The van der Waals surface area contributed by atoms with Crippen LogP contribution in [0.1, 0.15) is 111 Å². The molecule has 3 atom stereocenters. The van der Waals surface area contributed by atoms with E-state index in [1.165, 1.54) is 77.0 Å². The molecule has 1 amide bonds. The highest BCUT2D eigenvalue weighted by atomic mass is 127. The van der Waals surface area contributed by atoms with Crippen LogP contribution in [0.15, 0.2) is 0 Å². The first-order chi connectivity index (χ1) is 11.6. The Hall–Kier alpha value is 0.200. The Balaban J connectivity index is 2.05. The number of hydrogen-bond acceptors (Lipinski definition) is 1. The zero-order valence-corrected chi connectivity index (χ0v) is 18.5. The quantitative estimate of drug-likeness (QED) is 0.174. The fourth-order valence-electron chi connectivity index (χ4n) is 3.93. The predicted octanol–water partition coefficient (Wildman–Crippen LogP) is 7.30. The number of halogens is 1. The van der Waals surface area contributed by atoms with Crippen LogP contribution in [-0.4, -0.2) is 15.1 Å². The van der Waals surface area contributed by atoms with Gasteiger partial charge in [-0.25, -0.2) is 0 Å². The lowest BCUT2D eigenvalue weighted by Crippen LogP contribution is -2.41. The molecule has 0 N–H and O–H groups in total. The van der Waals surface area contributed by atoms with Gasteiger partial charge in [0.1, 0.15) is 0 Å². The summed E-state index contributed by atoms with van der Waals surface area (Å²) in [7, 11) is 0. The van der Waals surface area contributed by atoms with E-state index in [1.807, 2.05) is 3.11 Å². The van der Waals surface area contributed by atoms with Gasteiger partial charge in [0.15, 0.2) is 0 Å². The van der Waals surface area contributed by atoms with Crippen molar-refractivity contribution in [1.29, 1.82) is 0 Å². The Morgan fingerprint density at radius 2 is 1.46 bits per heavy atom. The molecule has 1 rings (SSSR count). The Kier molecular flexibility index (Phi) is 12.4. The zero-order valence-electron chi connectivity index (χ0n) is 16.4. The zero-order chi connectivity index (χ0) is 17.8. The Morgan fingerprint density at radius 1 is 0.917 bits per heavy atom. The van der Waals surface area contributed by atoms with E-state index in [0.29, 0.717) is 17.9 Å². The van der Waals surface area contributed by atoms with Crippen molar-refractivity contribution in [2.45, 2.75) is 117 Å². The number of carbonyl (C=O) groups is 1. The highest BCUT2D eigenvalue weighted by Gasteiger charge is 2.32. The van der Waals surface area contributed by atoms with Crippen LogP contribution in [-0.2, 0) is 4.79 Å². The van der Waals surface area contributed by atoms with Gasteiger partial charge in [0, 0.05) is 12.5 Å². The number of nitrogens with zero attached hydrogens (tertiary/aromatic N) is 1. The highest BCUT2D eigenvalue weighted by molar-refractivity contribution is 14.1. The van der Waals surface area contributed by atoms with Crippen molar-refractivity contribution in [2.24, 2.45) is 11.8 Å². The lowest BCUT2D eigenvalue weighted by Gasteiger charge is -2.38. The minimum atomic E-state index is 0.362. The van der Waals surface area contributed by atoms with E-state index in [-0.39, 0.29) is 0 Å². The molecule has 0 spiro atoms. The van der Waals surface area contributed by atoms with Crippen LogP contribution in [0.4, 0.5) is 0 Å². The van der Waals surface area contributed by atoms with E-state index in [1.54, 1.807) is 0 Å². The lowest BCUT2D eigenvalue weighted by molar-refractivity contribution is -0.127. The monoisotopic (exact) mass is 449 g/mol. The minimum absolute atomic E-state index is 0.362. The second kappa shape index (κ2) is 13.4. The smallest absolute Gasteiger partial charge is 0.231 e. The van der Waals surface area contributed by atoms with Gasteiger partial charge >= 0.3 is 0 Å². The van der Waals surface area contributed by atoms with E-state index in [2.05, 4.69) is 43.6 Å². The molecule has 142 valence electrons. The molecular formula is C21H40INO. The number of unbranched alkanes of at least 4 members (excludes halogenated alkanes) is 9. The van der Waals surface area contributed by atoms with Gasteiger partial charge in [-0.1, -0.05) is 91.4 Å². The van der Waals surface area contributed by atoms with E-state index in [4.69, 9.17) is 0 Å². The molecule has 1 fully saturated rings. The molecular weight excluding hydrogens is 409 g/mol. The molecule has 2 nitrogen and oxygen atoms in total. The van der Waals surface area contributed by atoms with Crippen LogP contribution in [0.3, 0.4) is 0 Å². The highest BCUT2D eigenvalue weighted by Crippen LogP contribution is 2.34. The van der Waals surface area contributed by atoms with Crippen molar-refractivity contribution in [3.8, 4) is 0 Å². The van der Waals surface area contributed by atoms with Crippen LogP contribution in [0, 0.1) is 11.8 Å². The summed E-state index contributed by atoms with van der Waals surface area (Å²) in [5, 5.41) is 0. The third-order valence-electron chi connectivity index (χ3n) is 5.94. The molecule has 3 heteroatoms. The summed E-state index contributed by atoms with van der Waals surface area (Å²) in [6.07, 6.45) is 17.8. The molecule has 0 heterocycles. The second-order valence-corrected chi connectivity index (χ2v) is 9.01. The van der Waals surface area contributed by atoms with Gasteiger partial charge in [0.05, 0.1) is 22.9 Å². The Labute approximate surface area is 165 Å². The molecule has 1 aliphatic carbocycles. The average molecular weight is 449 g/mol. The fourth-order valence-corrected chi connectivity index (χ4v) is 4.96. The maximum atomic E-state index is 12.4. The summed E-state index contributed by atoms with van der Waals surface area (Å²) in [6.45, 7) is 6.94. The van der Waals surface area contributed by atoms with Gasteiger partial charge < -0.3 is 0 Å². The summed E-state index contributed by atoms with van der Waals surface area (Å²) in [5.74, 6) is 1.76. The topological polar surface area (TPSA) is 20.3 Å². The first-order valence-corrected chi connectivity index (χ1v) is 11.5. The number of amides is 1. The SMILES string of the molecule is CCCCCCCCCCCCC(=O)N(I)C1CCCC(C)C1C. The van der Waals surface area contributed by atoms with Crippen molar-refractivity contribution in [1.82, 2.24) is 3.11 Å². The summed E-state index contributed by atoms with van der Waals surface area (Å²) in [4.78, 5) is 12.4. The molecule has 0 saturated heterocycles. The molecule has 0 aliphatic heterocycles.